The number of nitrogens with two attached hydrogens (primary N) is 1. The van der Waals surface area contributed by atoms with Crippen LogP contribution in [0.1, 0.15) is 25.7 Å². The SMILES string of the molecule is COC(=O)c1c(C)sc2c1OC(N)=C(C#N)[C@@]21C(=O)N(CC(=O)Nc2ccc(OC)cc2)c2ccccc21. The van der Waals surface area contributed by atoms with Gasteiger partial charge in [0.25, 0.3) is 0 Å². The first-order chi connectivity index (χ1) is 18.3. The largest absolute Gasteiger partial charge is 0.497 e. The monoisotopic (exact) mass is 530 g/mol. The van der Waals surface area contributed by atoms with E-state index in [1.807, 2.05) is 0 Å². The maximum atomic E-state index is 14.4. The van der Waals surface area contributed by atoms with Crippen molar-refractivity contribution < 1.29 is 28.6 Å². The Labute approximate surface area is 221 Å². The molecule has 3 N–H and O–H groups in total. The van der Waals surface area contributed by atoms with Crippen molar-refractivity contribution in [1.29, 1.82) is 5.26 Å². The smallest absolute Gasteiger partial charge is 0.342 e. The maximum Gasteiger partial charge on any atom is 0.342 e. The average Bonchev–Trinajstić information content (AvgIpc) is 3.37. The number of nitrogens with zero attached hydrogens (tertiary/aromatic N) is 2. The van der Waals surface area contributed by atoms with Crippen LogP contribution in [0.2, 0.25) is 0 Å². The molecule has 2 amide bonds. The van der Waals surface area contributed by atoms with Crippen LogP contribution in [0, 0.1) is 18.3 Å². The van der Waals surface area contributed by atoms with Crippen molar-refractivity contribution in [2.75, 3.05) is 31.0 Å². The van der Waals surface area contributed by atoms with E-state index in [2.05, 4.69) is 11.4 Å². The van der Waals surface area contributed by atoms with Crippen molar-refractivity contribution in [2.45, 2.75) is 12.3 Å². The summed E-state index contributed by atoms with van der Waals surface area (Å²) in [7, 11) is 2.78. The fourth-order valence-corrected chi connectivity index (χ4v) is 6.17. The Morgan fingerprint density at radius 2 is 1.89 bits per heavy atom. The first-order valence-corrected chi connectivity index (χ1v) is 12.2. The highest BCUT2D eigenvalue weighted by atomic mass is 32.1. The topological polar surface area (TPSA) is 144 Å². The number of nitrogens with one attached hydrogen (secondary N) is 1. The molecule has 1 atom stereocenters. The number of amides is 2. The zero-order valence-electron chi connectivity index (χ0n) is 20.7. The van der Waals surface area contributed by atoms with Crippen LogP contribution in [0.15, 0.2) is 60.0 Å². The lowest BCUT2D eigenvalue weighted by molar-refractivity contribution is -0.123. The summed E-state index contributed by atoms with van der Waals surface area (Å²) in [6, 6.07) is 15.7. The lowest BCUT2D eigenvalue weighted by atomic mass is 9.72. The van der Waals surface area contributed by atoms with E-state index in [1.165, 1.54) is 12.0 Å². The molecule has 2 aliphatic rings. The minimum atomic E-state index is -1.69. The van der Waals surface area contributed by atoms with E-state index >= 15 is 0 Å². The Balaban J connectivity index is 1.62. The van der Waals surface area contributed by atoms with E-state index in [1.54, 1.807) is 62.6 Å². The second kappa shape index (κ2) is 9.24. The van der Waals surface area contributed by atoms with Crippen molar-refractivity contribution in [1.82, 2.24) is 0 Å². The quantitative estimate of drug-likeness (QED) is 0.479. The highest BCUT2D eigenvalue weighted by molar-refractivity contribution is 7.13. The van der Waals surface area contributed by atoms with Crippen LogP contribution >= 0.6 is 11.3 Å². The summed E-state index contributed by atoms with van der Waals surface area (Å²) in [6.45, 7) is 1.37. The van der Waals surface area contributed by atoms with Gasteiger partial charge in [-0.15, -0.1) is 11.3 Å². The van der Waals surface area contributed by atoms with Crippen LogP contribution in [0.25, 0.3) is 0 Å². The molecule has 11 heteroatoms. The summed E-state index contributed by atoms with van der Waals surface area (Å²) in [5.74, 6) is -1.24. The summed E-state index contributed by atoms with van der Waals surface area (Å²) in [5.41, 5.74) is 5.96. The van der Waals surface area contributed by atoms with Gasteiger partial charge in [-0.25, -0.2) is 4.79 Å². The molecule has 0 bridgehead atoms. The summed E-state index contributed by atoms with van der Waals surface area (Å²) in [4.78, 5) is 42.2. The lowest BCUT2D eigenvalue weighted by Gasteiger charge is -2.32. The van der Waals surface area contributed by atoms with E-state index in [0.717, 1.165) is 11.3 Å². The number of esters is 1. The van der Waals surface area contributed by atoms with Crippen molar-refractivity contribution in [3.05, 3.63) is 80.9 Å². The van der Waals surface area contributed by atoms with Gasteiger partial charge in [-0.1, -0.05) is 18.2 Å². The standard InChI is InChI=1S/C27H22N4O6S/c1-14-21(25(33)36-3)22-23(38-14)27(18(12-28)24(29)37-22)17-6-4-5-7-19(17)31(26(27)34)13-20(32)30-15-8-10-16(35-2)11-9-15/h4-11H,13,29H2,1-3H3,(H,30,32)/t27-/m1/s1. The van der Waals surface area contributed by atoms with Gasteiger partial charge < -0.3 is 30.2 Å². The highest BCUT2D eigenvalue weighted by Gasteiger charge is 2.61. The average molecular weight is 531 g/mol. The molecule has 0 radical (unpaired) electrons. The Hall–Kier alpha value is -4.82. The Kier molecular flexibility index (Phi) is 6.05. The third-order valence-electron chi connectivity index (χ3n) is 6.56. The van der Waals surface area contributed by atoms with Gasteiger partial charge in [0.05, 0.1) is 19.1 Å². The van der Waals surface area contributed by atoms with Gasteiger partial charge in [0.2, 0.25) is 17.7 Å². The molecule has 3 aromatic rings. The Morgan fingerprint density at radius 1 is 1.18 bits per heavy atom. The van der Waals surface area contributed by atoms with Gasteiger partial charge in [-0.2, -0.15) is 5.26 Å². The second-order valence-electron chi connectivity index (χ2n) is 8.57. The fourth-order valence-electron chi connectivity index (χ4n) is 4.89. The van der Waals surface area contributed by atoms with Crippen LogP contribution in [0.5, 0.6) is 11.5 Å². The summed E-state index contributed by atoms with van der Waals surface area (Å²) in [5, 5.41) is 13.0. The predicted octanol–water partition coefficient (Wildman–Crippen LogP) is 3.21. The molecule has 0 unspecified atom stereocenters. The Bertz CT molecular complexity index is 1570. The molecule has 5 rings (SSSR count). The number of para-hydroxylation sites is 1. The van der Waals surface area contributed by atoms with Crippen molar-refractivity contribution >= 4 is 40.5 Å². The molecule has 0 saturated heterocycles. The highest BCUT2D eigenvalue weighted by Crippen LogP contribution is 2.58. The number of ether oxygens (including phenoxy) is 3. The van der Waals surface area contributed by atoms with Gasteiger partial charge in [0.15, 0.2) is 11.2 Å². The summed E-state index contributed by atoms with van der Waals surface area (Å²) < 4.78 is 15.8. The second-order valence-corrected chi connectivity index (χ2v) is 9.80. The van der Waals surface area contributed by atoms with Crippen LogP contribution in [0.3, 0.4) is 0 Å². The number of nitriles is 1. The Morgan fingerprint density at radius 3 is 2.55 bits per heavy atom. The van der Waals surface area contributed by atoms with Gasteiger partial charge >= 0.3 is 5.97 Å². The molecule has 2 aliphatic heterocycles. The number of aryl methyl sites for hydroxylation is 1. The molecular weight excluding hydrogens is 508 g/mol. The van der Waals surface area contributed by atoms with E-state index in [9.17, 15) is 19.6 Å². The minimum Gasteiger partial charge on any atom is -0.497 e. The van der Waals surface area contributed by atoms with Gasteiger partial charge in [-0.05, 0) is 37.3 Å². The third kappa shape index (κ3) is 3.49. The van der Waals surface area contributed by atoms with Crippen molar-refractivity contribution in [3.8, 4) is 17.6 Å². The summed E-state index contributed by atoms with van der Waals surface area (Å²) in [6.07, 6.45) is 0. The minimum absolute atomic E-state index is 0.0727. The molecule has 10 nitrogen and oxygen atoms in total. The number of methoxy groups -OCH3 is 2. The molecule has 3 heterocycles. The van der Waals surface area contributed by atoms with Crippen LogP contribution < -0.4 is 25.4 Å². The number of hydrogen-bond donors (Lipinski definition) is 2. The van der Waals surface area contributed by atoms with Crippen molar-refractivity contribution in [2.24, 2.45) is 5.73 Å². The predicted molar refractivity (Wildman–Crippen MR) is 139 cm³/mol. The van der Waals surface area contributed by atoms with Gasteiger partial charge in [0, 0.05) is 21.8 Å². The van der Waals surface area contributed by atoms with E-state index < -0.39 is 23.2 Å². The number of thiophene rings is 1. The first-order valence-electron chi connectivity index (χ1n) is 11.4. The molecular formula is C27H22N4O6S. The molecule has 192 valence electrons. The number of rotatable bonds is 5. The number of anilines is 2. The third-order valence-corrected chi connectivity index (χ3v) is 7.76. The molecule has 1 aromatic heterocycles. The van der Waals surface area contributed by atoms with E-state index in [4.69, 9.17) is 19.9 Å². The number of carbonyl (C=O) groups excluding carboxylic acids is 3. The van der Waals surface area contributed by atoms with Crippen LogP contribution in [-0.2, 0) is 19.7 Å². The molecule has 0 saturated carbocycles. The van der Waals surface area contributed by atoms with E-state index in [-0.39, 0.29) is 29.3 Å². The maximum absolute atomic E-state index is 14.4. The number of fused-ring (bicyclic) bond motifs is 4. The molecule has 2 aromatic carbocycles. The van der Waals surface area contributed by atoms with Gasteiger partial charge in [0.1, 0.15) is 29.5 Å². The van der Waals surface area contributed by atoms with Crippen molar-refractivity contribution in [3.63, 3.8) is 0 Å². The van der Waals surface area contributed by atoms with Gasteiger partial charge in [-0.3, -0.25) is 9.59 Å². The van der Waals surface area contributed by atoms with Crippen LogP contribution in [-0.4, -0.2) is 38.5 Å². The van der Waals surface area contributed by atoms with E-state index in [0.29, 0.717) is 32.4 Å². The van der Waals surface area contributed by atoms with Crippen LogP contribution in [0.4, 0.5) is 11.4 Å². The fraction of sp³-hybridized carbons (Fsp3) is 0.185. The molecule has 1 spiro atoms. The number of hydrogen-bond acceptors (Lipinski definition) is 9. The molecule has 0 fully saturated rings. The lowest BCUT2D eigenvalue weighted by Crippen LogP contribution is -2.47. The zero-order chi connectivity index (χ0) is 27.2. The number of benzene rings is 2. The molecule has 38 heavy (non-hydrogen) atoms. The summed E-state index contributed by atoms with van der Waals surface area (Å²) >= 11 is 1.15. The zero-order valence-corrected chi connectivity index (χ0v) is 21.5. The first kappa shape index (κ1) is 24.9. The normalized spacial score (nSPS) is 17.4. The molecule has 0 aliphatic carbocycles. The number of carbonyl (C=O) groups is 3.